The first-order valence-electron chi connectivity index (χ1n) is 13.7. The van der Waals surface area contributed by atoms with Crippen LogP contribution in [0.3, 0.4) is 0 Å². The van der Waals surface area contributed by atoms with Gasteiger partial charge in [-0.3, -0.25) is 19.3 Å². The Bertz CT molecular complexity index is 1310. The van der Waals surface area contributed by atoms with Gasteiger partial charge in [0.25, 0.3) is 5.91 Å². The molecule has 3 aromatic rings. The first kappa shape index (κ1) is 28.0. The van der Waals surface area contributed by atoms with Crippen molar-refractivity contribution in [1.82, 2.24) is 10.2 Å². The predicted molar refractivity (Wildman–Crippen MR) is 156 cm³/mol. The molecule has 1 atom stereocenters. The number of ketones is 1. The summed E-state index contributed by atoms with van der Waals surface area (Å²) in [6, 6.07) is 22.6. The van der Waals surface area contributed by atoms with Crippen LogP contribution in [-0.4, -0.2) is 42.1 Å². The van der Waals surface area contributed by atoms with E-state index in [1.54, 1.807) is 36.4 Å². The number of nitrogens with one attached hydrogen (secondary N) is 1. The Labute approximate surface area is 230 Å². The molecular weight excluding hydrogens is 486 g/mol. The number of amides is 2. The summed E-state index contributed by atoms with van der Waals surface area (Å²) in [4.78, 5) is 40.7. The van der Waals surface area contributed by atoms with Crippen LogP contribution in [0.5, 0.6) is 0 Å². The lowest BCUT2D eigenvalue weighted by Gasteiger charge is -2.20. The van der Waals surface area contributed by atoms with Gasteiger partial charge in [0.05, 0.1) is 6.54 Å². The standard InChI is InChI=1S/C33H37N3O3/c1-2-9-29(31(37)22-35-33(39)26-10-4-3-5-11-26)27-12-8-13-30(32(34)38)28(27)19-18-24-14-16-25(17-15-24)23-36-20-6-7-21-36/h3-5,8,10-19,29H,2,6-7,9,20-23H2,1H3,(H2,34,38)(H,35,39). The highest BCUT2D eigenvalue weighted by atomic mass is 16.2. The maximum absolute atomic E-state index is 13.4. The zero-order chi connectivity index (χ0) is 27.6. The molecule has 3 N–H and O–H groups in total. The van der Waals surface area contributed by atoms with Gasteiger partial charge in [-0.15, -0.1) is 0 Å². The number of hydrogen-bond donors (Lipinski definition) is 2. The SMILES string of the molecule is CCCC(C(=O)CNC(=O)c1ccccc1)c1cccc(C(N)=O)c1C=Cc1ccc(CN2CCCC2)cc1. The summed E-state index contributed by atoms with van der Waals surface area (Å²) in [6.07, 6.45) is 7.73. The van der Waals surface area contributed by atoms with Gasteiger partial charge in [0.15, 0.2) is 5.78 Å². The van der Waals surface area contributed by atoms with Crippen molar-refractivity contribution in [2.75, 3.05) is 19.6 Å². The second-order valence-corrected chi connectivity index (χ2v) is 10.1. The fourth-order valence-corrected chi connectivity index (χ4v) is 5.16. The molecule has 1 aliphatic heterocycles. The van der Waals surface area contributed by atoms with Crippen molar-refractivity contribution in [1.29, 1.82) is 0 Å². The van der Waals surface area contributed by atoms with Crippen molar-refractivity contribution in [3.63, 3.8) is 0 Å². The Hall–Kier alpha value is -4.03. The summed E-state index contributed by atoms with van der Waals surface area (Å²) < 4.78 is 0. The average molecular weight is 524 g/mol. The molecule has 202 valence electrons. The van der Waals surface area contributed by atoms with Crippen molar-refractivity contribution >= 4 is 29.7 Å². The molecule has 3 aromatic carbocycles. The van der Waals surface area contributed by atoms with Gasteiger partial charge in [-0.1, -0.05) is 80.1 Å². The van der Waals surface area contributed by atoms with Crippen molar-refractivity contribution in [2.24, 2.45) is 5.73 Å². The number of nitrogens with two attached hydrogens (primary N) is 1. The lowest BCUT2D eigenvalue weighted by molar-refractivity contribution is -0.119. The normalized spacial score (nSPS) is 14.4. The Morgan fingerprint density at radius 1 is 0.923 bits per heavy atom. The third-order valence-electron chi connectivity index (χ3n) is 7.23. The van der Waals surface area contributed by atoms with E-state index in [-0.39, 0.29) is 18.2 Å². The van der Waals surface area contributed by atoms with Crippen molar-refractivity contribution in [2.45, 2.75) is 45.1 Å². The van der Waals surface area contributed by atoms with E-state index in [9.17, 15) is 14.4 Å². The Morgan fingerprint density at radius 3 is 2.31 bits per heavy atom. The molecule has 2 amide bonds. The van der Waals surface area contributed by atoms with Crippen LogP contribution in [0.4, 0.5) is 0 Å². The molecule has 1 aliphatic rings. The molecule has 1 saturated heterocycles. The zero-order valence-corrected chi connectivity index (χ0v) is 22.6. The molecule has 0 spiro atoms. The molecule has 0 aromatic heterocycles. The van der Waals surface area contributed by atoms with Crippen LogP contribution in [0.15, 0.2) is 72.8 Å². The van der Waals surface area contributed by atoms with Crippen LogP contribution in [0, 0.1) is 0 Å². The molecule has 4 rings (SSSR count). The number of primary amides is 1. The van der Waals surface area contributed by atoms with E-state index in [1.807, 2.05) is 31.2 Å². The van der Waals surface area contributed by atoms with E-state index in [0.717, 1.165) is 37.2 Å². The second kappa shape index (κ2) is 13.7. The second-order valence-electron chi connectivity index (χ2n) is 10.1. The fraction of sp³-hybridized carbons (Fsp3) is 0.303. The highest BCUT2D eigenvalue weighted by molar-refractivity contribution is 6.01. The van der Waals surface area contributed by atoms with Crippen LogP contribution < -0.4 is 11.1 Å². The van der Waals surface area contributed by atoms with Gasteiger partial charge < -0.3 is 11.1 Å². The number of nitrogens with zero attached hydrogens (tertiary/aromatic N) is 1. The highest BCUT2D eigenvalue weighted by Crippen LogP contribution is 2.30. The quantitative estimate of drug-likeness (QED) is 0.310. The van der Waals surface area contributed by atoms with Gasteiger partial charge in [0.1, 0.15) is 0 Å². The van der Waals surface area contributed by atoms with Crippen molar-refractivity contribution in [3.8, 4) is 0 Å². The number of Topliss-reactive ketones (excluding diaryl/α,β-unsaturated/α-hetero) is 1. The summed E-state index contributed by atoms with van der Waals surface area (Å²) in [5, 5.41) is 2.75. The fourth-order valence-electron chi connectivity index (χ4n) is 5.16. The monoisotopic (exact) mass is 523 g/mol. The lowest BCUT2D eigenvalue weighted by Crippen LogP contribution is -2.32. The topological polar surface area (TPSA) is 92.5 Å². The first-order chi connectivity index (χ1) is 19.0. The van der Waals surface area contributed by atoms with Crippen LogP contribution in [0.2, 0.25) is 0 Å². The van der Waals surface area contributed by atoms with Crippen LogP contribution in [0.25, 0.3) is 12.2 Å². The molecule has 0 radical (unpaired) electrons. The van der Waals surface area contributed by atoms with E-state index in [4.69, 9.17) is 5.73 Å². The Kier molecular flexibility index (Phi) is 9.81. The van der Waals surface area contributed by atoms with Crippen molar-refractivity contribution in [3.05, 3.63) is 106 Å². The highest BCUT2D eigenvalue weighted by Gasteiger charge is 2.24. The molecular formula is C33H37N3O3. The number of benzene rings is 3. The van der Waals surface area contributed by atoms with Gasteiger partial charge in [-0.05, 0) is 72.8 Å². The Morgan fingerprint density at radius 2 is 1.64 bits per heavy atom. The number of rotatable bonds is 12. The van der Waals surface area contributed by atoms with Crippen LogP contribution >= 0.6 is 0 Å². The number of hydrogen-bond acceptors (Lipinski definition) is 4. The first-order valence-corrected chi connectivity index (χ1v) is 13.7. The molecule has 6 heteroatoms. The minimum Gasteiger partial charge on any atom is -0.366 e. The van der Waals surface area contributed by atoms with E-state index < -0.39 is 11.8 Å². The summed E-state index contributed by atoms with van der Waals surface area (Å²) in [5.41, 5.74) is 10.3. The third-order valence-corrected chi connectivity index (χ3v) is 7.23. The van der Waals surface area contributed by atoms with Gasteiger partial charge in [0.2, 0.25) is 5.91 Å². The minimum absolute atomic E-state index is 0.0964. The van der Waals surface area contributed by atoms with E-state index in [1.165, 1.54) is 18.4 Å². The molecule has 1 fully saturated rings. The summed E-state index contributed by atoms with van der Waals surface area (Å²) in [5.74, 6) is -1.42. The summed E-state index contributed by atoms with van der Waals surface area (Å²) in [7, 11) is 0. The molecule has 6 nitrogen and oxygen atoms in total. The molecule has 0 bridgehead atoms. The van der Waals surface area contributed by atoms with Gasteiger partial charge in [0, 0.05) is 23.6 Å². The van der Waals surface area contributed by atoms with Crippen LogP contribution in [-0.2, 0) is 11.3 Å². The van der Waals surface area contributed by atoms with E-state index in [0.29, 0.717) is 23.1 Å². The zero-order valence-electron chi connectivity index (χ0n) is 22.6. The van der Waals surface area contributed by atoms with Gasteiger partial charge in [-0.25, -0.2) is 0 Å². The third kappa shape index (κ3) is 7.52. The molecule has 1 unspecified atom stereocenters. The molecule has 1 heterocycles. The number of likely N-dealkylation sites (tertiary alicyclic amines) is 1. The number of carbonyl (C=O) groups is 3. The summed E-state index contributed by atoms with van der Waals surface area (Å²) in [6.45, 7) is 5.19. The smallest absolute Gasteiger partial charge is 0.251 e. The van der Waals surface area contributed by atoms with Gasteiger partial charge >= 0.3 is 0 Å². The van der Waals surface area contributed by atoms with E-state index in [2.05, 4.69) is 34.5 Å². The lowest BCUT2D eigenvalue weighted by atomic mass is 9.84. The van der Waals surface area contributed by atoms with Crippen molar-refractivity contribution < 1.29 is 14.4 Å². The van der Waals surface area contributed by atoms with Gasteiger partial charge in [-0.2, -0.15) is 0 Å². The largest absolute Gasteiger partial charge is 0.366 e. The maximum Gasteiger partial charge on any atom is 0.251 e. The molecule has 0 aliphatic carbocycles. The predicted octanol–water partition coefficient (Wildman–Crippen LogP) is 5.43. The van der Waals surface area contributed by atoms with Crippen LogP contribution in [0.1, 0.15) is 81.5 Å². The maximum atomic E-state index is 13.4. The van der Waals surface area contributed by atoms with E-state index >= 15 is 0 Å². The Balaban J connectivity index is 1.55. The summed E-state index contributed by atoms with van der Waals surface area (Å²) >= 11 is 0. The molecule has 0 saturated carbocycles. The molecule has 39 heavy (non-hydrogen) atoms. The minimum atomic E-state index is -0.544. The number of carbonyl (C=O) groups excluding carboxylic acids is 3. The average Bonchev–Trinajstić information content (AvgIpc) is 3.47.